The van der Waals surface area contributed by atoms with Crippen molar-refractivity contribution in [3.8, 4) is 22.9 Å². The van der Waals surface area contributed by atoms with Gasteiger partial charge in [0.1, 0.15) is 29.3 Å². The molecule has 0 saturated carbocycles. The quantitative estimate of drug-likeness (QED) is 0.429. The molecule has 0 radical (unpaired) electrons. The smallest absolute Gasteiger partial charge is 0.408 e. The predicted octanol–water partition coefficient (Wildman–Crippen LogP) is 5.21. The maximum atomic E-state index is 15.5. The number of nitriles is 1. The number of carbonyl (C=O) groups is 3. The number of halogens is 1. The molecule has 2 heterocycles. The fraction of sp³-hybridized carbons (Fsp3) is 0.500. The highest BCUT2D eigenvalue weighted by molar-refractivity contribution is 5.87. The van der Waals surface area contributed by atoms with Gasteiger partial charge in [-0.1, -0.05) is 24.3 Å². The Bertz CT molecular complexity index is 1360. The van der Waals surface area contributed by atoms with Crippen LogP contribution in [0.1, 0.15) is 52.0 Å². The fourth-order valence-electron chi connectivity index (χ4n) is 5.40. The predicted molar refractivity (Wildman–Crippen MR) is 157 cm³/mol. The van der Waals surface area contributed by atoms with E-state index in [1.165, 1.54) is 15.9 Å². The van der Waals surface area contributed by atoms with Crippen molar-refractivity contribution in [1.82, 2.24) is 15.1 Å². The van der Waals surface area contributed by atoms with Gasteiger partial charge >= 0.3 is 12.2 Å². The number of rotatable bonds is 8. The first-order chi connectivity index (χ1) is 20.4. The summed E-state index contributed by atoms with van der Waals surface area (Å²) in [6.07, 6.45) is 0.907. The number of nitrogens with zero attached hydrogens (tertiary/aromatic N) is 3. The average Bonchev–Trinajstić information content (AvgIpc) is 3.45. The van der Waals surface area contributed by atoms with Crippen molar-refractivity contribution in [2.45, 2.75) is 70.6 Å². The summed E-state index contributed by atoms with van der Waals surface area (Å²) in [6.45, 7) is 6.96. The van der Waals surface area contributed by atoms with Crippen LogP contribution in [0.15, 0.2) is 42.5 Å². The highest BCUT2D eigenvalue weighted by atomic mass is 19.1. The Morgan fingerprint density at radius 1 is 1.09 bits per heavy atom. The van der Waals surface area contributed by atoms with Gasteiger partial charge in [0.2, 0.25) is 5.91 Å². The van der Waals surface area contributed by atoms with Crippen molar-refractivity contribution in [3.05, 3.63) is 53.8 Å². The second kappa shape index (κ2) is 13.8. The van der Waals surface area contributed by atoms with Crippen LogP contribution in [0.4, 0.5) is 14.0 Å². The molecule has 230 valence electrons. The van der Waals surface area contributed by atoms with Crippen molar-refractivity contribution >= 4 is 18.1 Å². The molecule has 0 aliphatic carbocycles. The summed E-state index contributed by atoms with van der Waals surface area (Å²) in [5.74, 6) is -0.0922. The van der Waals surface area contributed by atoms with Crippen molar-refractivity contribution < 1.29 is 33.4 Å². The van der Waals surface area contributed by atoms with Crippen molar-refractivity contribution in [3.63, 3.8) is 0 Å². The average molecular weight is 595 g/mol. The molecule has 0 bridgehead atoms. The SMILES string of the molecule is CC(C)(C)OC(=O)N[C@@H](Cc1ccc(-c2cccc(OCC3CCN(C(=O)O)CC3)c2)cc1F)C(=O)N1CCC[C@H]1C#N. The lowest BCUT2D eigenvalue weighted by Gasteiger charge is -2.29. The molecule has 3 amide bonds. The third-order valence-corrected chi connectivity index (χ3v) is 7.69. The molecule has 2 atom stereocenters. The van der Waals surface area contributed by atoms with Crippen molar-refractivity contribution in [1.29, 1.82) is 5.26 Å². The Balaban J connectivity index is 1.45. The zero-order valence-corrected chi connectivity index (χ0v) is 24.8. The molecule has 2 fully saturated rings. The van der Waals surface area contributed by atoms with E-state index in [1.54, 1.807) is 32.9 Å². The van der Waals surface area contributed by atoms with Gasteiger partial charge in [-0.3, -0.25) is 4.79 Å². The van der Waals surface area contributed by atoms with Crippen molar-refractivity contribution in [2.24, 2.45) is 5.92 Å². The highest BCUT2D eigenvalue weighted by Crippen LogP contribution is 2.28. The largest absolute Gasteiger partial charge is 0.493 e. The summed E-state index contributed by atoms with van der Waals surface area (Å²) in [4.78, 5) is 40.0. The molecular weight excluding hydrogens is 555 g/mol. The van der Waals surface area contributed by atoms with Crippen LogP contribution < -0.4 is 10.1 Å². The number of nitrogens with one attached hydrogen (secondary N) is 1. The molecule has 2 aliphatic heterocycles. The molecule has 0 spiro atoms. The maximum absolute atomic E-state index is 15.5. The summed E-state index contributed by atoms with van der Waals surface area (Å²) in [5, 5.41) is 21.2. The monoisotopic (exact) mass is 594 g/mol. The first-order valence-corrected chi connectivity index (χ1v) is 14.6. The van der Waals surface area contributed by atoms with Gasteiger partial charge in [-0.25, -0.2) is 14.0 Å². The van der Waals surface area contributed by atoms with Crippen LogP contribution >= 0.6 is 0 Å². The number of ether oxygens (including phenoxy) is 2. The van der Waals surface area contributed by atoms with Crippen LogP contribution in [-0.2, 0) is 16.0 Å². The number of carbonyl (C=O) groups excluding carboxylic acids is 2. The molecule has 0 unspecified atom stereocenters. The van der Waals surface area contributed by atoms with Gasteiger partial charge in [0.15, 0.2) is 0 Å². The van der Waals surface area contributed by atoms with Crippen molar-refractivity contribution in [2.75, 3.05) is 26.2 Å². The number of alkyl carbamates (subject to hydrolysis) is 1. The summed E-state index contributed by atoms with van der Waals surface area (Å²) in [7, 11) is 0. The Hall–Kier alpha value is -4.33. The minimum Gasteiger partial charge on any atom is -0.493 e. The molecule has 2 aliphatic rings. The second-order valence-electron chi connectivity index (χ2n) is 12.1. The van der Waals surface area contributed by atoms with E-state index in [4.69, 9.17) is 14.6 Å². The van der Waals surface area contributed by atoms with Crippen LogP contribution in [0.5, 0.6) is 5.75 Å². The van der Waals surface area contributed by atoms with Crippen LogP contribution in [0.3, 0.4) is 0 Å². The lowest BCUT2D eigenvalue weighted by molar-refractivity contribution is -0.133. The van der Waals surface area contributed by atoms with Gasteiger partial charge in [0.25, 0.3) is 0 Å². The lowest BCUT2D eigenvalue weighted by atomic mass is 9.98. The molecule has 2 aromatic carbocycles. The minimum absolute atomic E-state index is 0.108. The Morgan fingerprint density at radius 2 is 1.81 bits per heavy atom. The Labute approximate surface area is 251 Å². The van der Waals surface area contributed by atoms with E-state index < -0.39 is 41.6 Å². The zero-order chi connectivity index (χ0) is 31.1. The summed E-state index contributed by atoms with van der Waals surface area (Å²) in [5.41, 5.74) is 0.820. The standard InChI is InChI=1S/C32H39FN4O6/c1-32(2,3)43-30(39)35-28(29(38)37-13-5-7-25(37)19-34)18-24-10-9-23(17-27(24)33)22-6-4-8-26(16-22)42-20-21-11-14-36(15-12-21)31(40)41/h4,6,8-10,16-17,21,25,28H,5,7,11-15,18,20H2,1-3H3,(H,35,39)(H,40,41)/t25-,28-/m0/s1. The molecule has 4 rings (SSSR count). The molecule has 2 N–H and O–H groups in total. The van der Waals surface area contributed by atoms with Crippen LogP contribution in [0, 0.1) is 23.1 Å². The van der Waals surface area contributed by atoms with Gasteiger partial charge in [-0.05, 0) is 87.3 Å². The van der Waals surface area contributed by atoms with E-state index in [2.05, 4.69) is 11.4 Å². The van der Waals surface area contributed by atoms with Gasteiger partial charge in [0.05, 0.1) is 12.7 Å². The molecule has 10 nitrogen and oxygen atoms in total. The molecule has 11 heteroatoms. The maximum Gasteiger partial charge on any atom is 0.408 e. The molecular formula is C32H39FN4O6. The second-order valence-corrected chi connectivity index (χ2v) is 12.1. The first kappa shape index (κ1) is 31.6. The van der Waals surface area contributed by atoms with E-state index in [0.29, 0.717) is 50.4 Å². The normalized spacial score (nSPS) is 18.1. The van der Waals surface area contributed by atoms with E-state index in [9.17, 15) is 19.6 Å². The Morgan fingerprint density at radius 3 is 2.47 bits per heavy atom. The van der Waals surface area contributed by atoms with Crippen LogP contribution in [-0.4, -0.2) is 76.9 Å². The van der Waals surface area contributed by atoms with Gasteiger partial charge in [-0.15, -0.1) is 0 Å². The third-order valence-electron chi connectivity index (χ3n) is 7.69. The summed E-state index contributed by atoms with van der Waals surface area (Å²) < 4.78 is 26.8. The minimum atomic E-state index is -1.11. The third kappa shape index (κ3) is 8.60. The number of amides is 3. The van der Waals surface area contributed by atoms with Gasteiger partial charge < -0.3 is 29.7 Å². The zero-order valence-electron chi connectivity index (χ0n) is 24.8. The van der Waals surface area contributed by atoms with E-state index in [1.807, 2.05) is 24.3 Å². The molecule has 0 aromatic heterocycles. The summed E-state index contributed by atoms with van der Waals surface area (Å²) in [6, 6.07) is 12.5. The van der Waals surface area contributed by atoms with Gasteiger partial charge in [0, 0.05) is 26.1 Å². The van der Waals surface area contributed by atoms with E-state index >= 15 is 4.39 Å². The molecule has 43 heavy (non-hydrogen) atoms. The van der Waals surface area contributed by atoms with Crippen LogP contribution in [0.2, 0.25) is 0 Å². The van der Waals surface area contributed by atoms with Crippen LogP contribution in [0.25, 0.3) is 11.1 Å². The highest BCUT2D eigenvalue weighted by Gasteiger charge is 2.35. The molecule has 2 saturated heterocycles. The first-order valence-electron chi connectivity index (χ1n) is 14.6. The number of piperidine rings is 1. The van der Waals surface area contributed by atoms with E-state index in [0.717, 1.165) is 18.4 Å². The summed E-state index contributed by atoms with van der Waals surface area (Å²) >= 11 is 0. The number of benzene rings is 2. The fourth-order valence-corrected chi connectivity index (χ4v) is 5.40. The lowest BCUT2D eigenvalue weighted by Crippen LogP contribution is -2.51. The number of hydrogen-bond donors (Lipinski definition) is 2. The Kier molecular flexibility index (Phi) is 10.1. The number of carboxylic acid groups (broad SMARTS) is 1. The topological polar surface area (TPSA) is 132 Å². The number of hydrogen-bond acceptors (Lipinski definition) is 6. The van der Waals surface area contributed by atoms with Gasteiger partial charge in [-0.2, -0.15) is 5.26 Å². The van der Waals surface area contributed by atoms with E-state index in [-0.39, 0.29) is 17.9 Å². The number of likely N-dealkylation sites (tertiary alicyclic amines) is 2. The molecule has 2 aromatic rings.